The molecule has 172 valence electrons. The minimum absolute atomic E-state index is 0.0443. The minimum atomic E-state index is -2.02. The fraction of sp³-hybridized carbons (Fsp3) is 0.625. The van der Waals surface area contributed by atoms with Crippen LogP contribution in [0.25, 0.3) is 0 Å². The van der Waals surface area contributed by atoms with Crippen LogP contribution in [0.1, 0.15) is 75.6 Å². The normalized spacial score (nSPS) is 20.5. The van der Waals surface area contributed by atoms with Crippen molar-refractivity contribution in [3.05, 3.63) is 35.4 Å². The van der Waals surface area contributed by atoms with Gasteiger partial charge in [-0.25, -0.2) is 4.79 Å². The molecule has 1 aromatic carbocycles. The molecule has 31 heavy (non-hydrogen) atoms. The number of hydrogen-bond acceptors (Lipinski definition) is 5. The molecule has 1 amide bonds. The van der Waals surface area contributed by atoms with E-state index in [2.05, 4.69) is 39.2 Å². The molecule has 7 heteroatoms. The molecule has 2 rings (SSSR count). The number of Topliss-reactive ketones (excluding diaryl/α,β-unsaturated/α-hetero) is 1. The number of carbonyl (C=O) groups is 3. The van der Waals surface area contributed by atoms with E-state index >= 15 is 0 Å². The Balaban J connectivity index is 2.01. The van der Waals surface area contributed by atoms with Crippen molar-refractivity contribution in [1.82, 2.24) is 5.32 Å². The third-order valence-corrected chi connectivity index (χ3v) is 10.7. The fourth-order valence-corrected chi connectivity index (χ4v) is 4.76. The van der Waals surface area contributed by atoms with Crippen molar-refractivity contribution in [1.29, 1.82) is 0 Å². The van der Waals surface area contributed by atoms with Crippen molar-refractivity contribution < 1.29 is 23.5 Å². The summed E-state index contributed by atoms with van der Waals surface area (Å²) in [5.41, 5.74) is 0.328. The summed E-state index contributed by atoms with van der Waals surface area (Å²) in [6.45, 7) is 18.2. The van der Waals surface area contributed by atoms with E-state index in [1.54, 1.807) is 24.3 Å². The fourth-order valence-electron chi connectivity index (χ4n) is 3.34. The Morgan fingerprint density at radius 3 is 2.00 bits per heavy atom. The predicted molar refractivity (Wildman–Crippen MR) is 124 cm³/mol. The maximum absolute atomic E-state index is 12.8. The van der Waals surface area contributed by atoms with Crippen molar-refractivity contribution in [2.75, 3.05) is 0 Å². The molecular formula is C24H37NO5Si. The van der Waals surface area contributed by atoms with E-state index < -0.39 is 19.9 Å². The first kappa shape index (κ1) is 25.3. The van der Waals surface area contributed by atoms with Crippen molar-refractivity contribution in [2.24, 2.45) is 5.92 Å². The van der Waals surface area contributed by atoms with Crippen LogP contribution in [0.5, 0.6) is 0 Å². The Kier molecular flexibility index (Phi) is 7.22. The lowest BCUT2D eigenvalue weighted by Gasteiger charge is -2.45. The van der Waals surface area contributed by atoms with Gasteiger partial charge in [0.05, 0.1) is 23.6 Å². The van der Waals surface area contributed by atoms with E-state index in [0.717, 1.165) is 0 Å². The van der Waals surface area contributed by atoms with Crippen molar-refractivity contribution >= 4 is 26.0 Å². The second-order valence-electron chi connectivity index (χ2n) is 10.9. The maximum Gasteiger partial charge on any atom is 0.338 e. The lowest BCUT2D eigenvalue weighted by molar-refractivity contribution is -0.139. The standard InChI is InChI=1S/C24H37NO5Si/c1-15(30-31(8,9)24(5,6)7)20-18(25-21(20)27)14-19(26)16-10-12-17(13-11-16)22(28)29-23(2,3)4/h10-13,15,18,20H,14H2,1-9H3,(H,25,27)/t15-,18+,20+/m0/s1. The van der Waals surface area contributed by atoms with E-state index in [9.17, 15) is 14.4 Å². The highest BCUT2D eigenvalue weighted by Gasteiger charge is 2.47. The summed E-state index contributed by atoms with van der Waals surface area (Å²) in [6, 6.07) is 6.22. The van der Waals surface area contributed by atoms with Crippen LogP contribution in [-0.2, 0) is 14.0 Å². The second kappa shape index (κ2) is 8.86. The molecule has 0 aromatic heterocycles. The van der Waals surface area contributed by atoms with Crippen LogP contribution >= 0.6 is 0 Å². The first-order valence-corrected chi connectivity index (χ1v) is 13.8. The van der Waals surface area contributed by atoms with Crippen LogP contribution in [0.4, 0.5) is 0 Å². The summed E-state index contributed by atoms with van der Waals surface area (Å²) >= 11 is 0. The number of carbonyl (C=O) groups excluding carboxylic acids is 3. The maximum atomic E-state index is 12.8. The van der Waals surface area contributed by atoms with Gasteiger partial charge in [-0.3, -0.25) is 9.59 Å². The number of hydrogen-bond donors (Lipinski definition) is 1. The van der Waals surface area contributed by atoms with Gasteiger partial charge in [0.2, 0.25) is 5.91 Å². The average Bonchev–Trinajstić information content (AvgIpc) is 2.58. The zero-order chi connectivity index (χ0) is 23.8. The Morgan fingerprint density at radius 1 is 1.03 bits per heavy atom. The van der Waals surface area contributed by atoms with Gasteiger partial charge >= 0.3 is 5.97 Å². The molecule has 1 aromatic rings. The van der Waals surface area contributed by atoms with Crippen LogP contribution in [0.2, 0.25) is 18.1 Å². The third-order valence-electron chi connectivity index (χ3n) is 6.10. The molecule has 0 unspecified atom stereocenters. The Morgan fingerprint density at radius 2 is 1.55 bits per heavy atom. The molecule has 1 N–H and O–H groups in total. The molecule has 0 bridgehead atoms. The molecule has 3 atom stereocenters. The van der Waals surface area contributed by atoms with Crippen LogP contribution in [0, 0.1) is 5.92 Å². The summed E-state index contributed by atoms with van der Waals surface area (Å²) < 4.78 is 11.7. The predicted octanol–water partition coefficient (Wildman–Crippen LogP) is 4.74. The number of esters is 1. The quantitative estimate of drug-likeness (QED) is 0.283. The molecule has 0 spiro atoms. The van der Waals surface area contributed by atoms with Gasteiger partial charge in [-0.2, -0.15) is 0 Å². The van der Waals surface area contributed by atoms with Gasteiger partial charge in [0.15, 0.2) is 14.1 Å². The molecule has 1 saturated heterocycles. The molecule has 0 radical (unpaired) electrons. The summed E-state index contributed by atoms with van der Waals surface area (Å²) in [5, 5.41) is 2.90. The van der Waals surface area contributed by atoms with Gasteiger partial charge in [0.1, 0.15) is 5.60 Å². The van der Waals surface area contributed by atoms with Crippen molar-refractivity contribution in [3.8, 4) is 0 Å². The first-order chi connectivity index (χ1) is 14.0. The SMILES string of the molecule is C[C@H](O[Si](C)(C)C(C)(C)C)[C@H]1C(=O)N[C@@H]1CC(=O)c1ccc(C(=O)OC(C)(C)C)cc1. The van der Waals surface area contributed by atoms with Gasteiger partial charge in [-0.1, -0.05) is 32.9 Å². The van der Waals surface area contributed by atoms with Crippen LogP contribution < -0.4 is 5.32 Å². The van der Waals surface area contributed by atoms with Crippen LogP contribution in [-0.4, -0.2) is 43.7 Å². The van der Waals surface area contributed by atoms with Crippen molar-refractivity contribution in [2.45, 2.75) is 90.8 Å². The highest BCUT2D eigenvalue weighted by atomic mass is 28.4. The molecule has 0 aliphatic carbocycles. The number of β-lactam (4-membered cyclic amide) rings is 1. The van der Waals surface area contributed by atoms with Gasteiger partial charge < -0.3 is 14.5 Å². The van der Waals surface area contributed by atoms with E-state index in [1.165, 1.54) is 0 Å². The highest BCUT2D eigenvalue weighted by molar-refractivity contribution is 6.74. The van der Waals surface area contributed by atoms with E-state index in [-0.39, 0.29) is 41.2 Å². The topological polar surface area (TPSA) is 81.7 Å². The van der Waals surface area contributed by atoms with Gasteiger partial charge in [0.25, 0.3) is 0 Å². The molecule has 6 nitrogen and oxygen atoms in total. The van der Waals surface area contributed by atoms with Gasteiger partial charge in [-0.15, -0.1) is 0 Å². The molecule has 1 aliphatic heterocycles. The van der Waals surface area contributed by atoms with Crippen LogP contribution in [0.15, 0.2) is 24.3 Å². The summed E-state index contributed by atoms with van der Waals surface area (Å²) in [5.74, 6) is -0.900. The van der Waals surface area contributed by atoms with Gasteiger partial charge in [0, 0.05) is 12.0 Å². The summed E-state index contributed by atoms with van der Waals surface area (Å²) in [7, 11) is -2.02. The van der Waals surface area contributed by atoms with Crippen molar-refractivity contribution in [3.63, 3.8) is 0 Å². The lowest BCUT2D eigenvalue weighted by atomic mass is 9.82. The zero-order valence-electron chi connectivity index (χ0n) is 20.3. The number of benzene rings is 1. The smallest absolute Gasteiger partial charge is 0.338 e. The first-order valence-electron chi connectivity index (χ1n) is 10.9. The molecule has 1 heterocycles. The third kappa shape index (κ3) is 6.26. The molecule has 0 saturated carbocycles. The number of nitrogens with one attached hydrogen (secondary N) is 1. The van der Waals surface area contributed by atoms with E-state index in [1.807, 2.05) is 27.7 Å². The molecule has 1 fully saturated rings. The highest BCUT2D eigenvalue weighted by Crippen LogP contribution is 2.39. The Labute approximate surface area is 187 Å². The zero-order valence-corrected chi connectivity index (χ0v) is 21.3. The Bertz CT molecular complexity index is 833. The largest absolute Gasteiger partial charge is 0.456 e. The summed E-state index contributed by atoms with van der Waals surface area (Å²) in [4.78, 5) is 37.2. The number of ketones is 1. The minimum Gasteiger partial charge on any atom is -0.456 e. The number of amides is 1. The average molecular weight is 448 g/mol. The van der Waals surface area contributed by atoms with E-state index in [4.69, 9.17) is 9.16 Å². The van der Waals surface area contributed by atoms with Crippen LogP contribution in [0.3, 0.4) is 0 Å². The monoisotopic (exact) mass is 447 g/mol. The number of ether oxygens (including phenoxy) is 1. The summed E-state index contributed by atoms with van der Waals surface area (Å²) in [6.07, 6.45) is -0.0464. The van der Waals surface area contributed by atoms with Gasteiger partial charge in [-0.05, 0) is 58.0 Å². The van der Waals surface area contributed by atoms with E-state index in [0.29, 0.717) is 11.1 Å². The molecular weight excluding hydrogens is 410 g/mol. The number of rotatable bonds is 7. The molecule has 1 aliphatic rings. The lowest BCUT2D eigenvalue weighted by Crippen LogP contribution is -2.64. The Hall–Kier alpha value is -1.99. The second-order valence-corrected chi connectivity index (χ2v) is 15.7.